The molecule has 0 aliphatic rings. The third-order valence-electron chi connectivity index (χ3n) is 11.8. The van der Waals surface area contributed by atoms with Crippen LogP contribution in [0.2, 0.25) is 0 Å². The van der Waals surface area contributed by atoms with Crippen LogP contribution in [0.25, 0.3) is 0 Å². The fourth-order valence-electron chi connectivity index (χ4n) is 7.60. The van der Waals surface area contributed by atoms with Gasteiger partial charge in [0, 0.05) is 19.3 Å². The topological polar surface area (TPSA) is 78.9 Å². The molecule has 0 aromatic heterocycles. The Bertz CT molecular complexity index is 872. The summed E-state index contributed by atoms with van der Waals surface area (Å²) in [6, 6.07) is 0. The van der Waals surface area contributed by atoms with E-state index < -0.39 is 6.10 Å². The van der Waals surface area contributed by atoms with Crippen molar-refractivity contribution in [3.63, 3.8) is 0 Å². The summed E-state index contributed by atoms with van der Waals surface area (Å²) in [6.45, 7) is 11.4. The third kappa shape index (κ3) is 43.8. The molecule has 0 aliphatic carbocycles. The van der Waals surface area contributed by atoms with Gasteiger partial charge in [-0.2, -0.15) is 0 Å². The van der Waals surface area contributed by atoms with Crippen LogP contribution in [-0.4, -0.2) is 37.2 Å². The quantitative estimate of drug-likeness (QED) is 0.0346. The Morgan fingerprint density at radius 1 is 0.368 bits per heavy atom. The van der Waals surface area contributed by atoms with Crippen molar-refractivity contribution in [1.82, 2.24) is 0 Å². The summed E-state index contributed by atoms with van der Waals surface area (Å²) in [7, 11) is 0. The van der Waals surface area contributed by atoms with E-state index in [0.717, 1.165) is 69.6 Å². The summed E-state index contributed by atoms with van der Waals surface area (Å²) in [5, 5.41) is 0. The maximum atomic E-state index is 12.7. The van der Waals surface area contributed by atoms with Crippen molar-refractivity contribution in [3.8, 4) is 0 Å². The number of hydrogen-bond donors (Lipinski definition) is 0. The van der Waals surface area contributed by atoms with Crippen molar-refractivity contribution in [1.29, 1.82) is 0 Å². The van der Waals surface area contributed by atoms with E-state index in [1.165, 1.54) is 167 Å². The molecule has 0 amide bonds. The lowest BCUT2D eigenvalue weighted by Gasteiger charge is -2.18. The average molecular weight is 807 g/mol. The smallest absolute Gasteiger partial charge is 0.306 e. The van der Waals surface area contributed by atoms with Gasteiger partial charge in [-0.3, -0.25) is 14.4 Å². The highest BCUT2D eigenvalue weighted by Crippen LogP contribution is 2.17. The normalized spacial score (nSPS) is 12.5. The second kappa shape index (κ2) is 44.0. The van der Waals surface area contributed by atoms with E-state index in [4.69, 9.17) is 14.2 Å². The lowest BCUT2D eigenvalue weighted by Crippen LogP contribution is -2.30. The van der Waals surface area contributed by atoms with E-state index in [9.17, 15) is 14.4 Å². The number of ether oxygens (including phenoxy) is 3. The first-order chi connectivity index (χ1) is 27.8. The van der Waals surface area contributed by atoms with Crippen molar-refractivity contribution >= 4 is 17.9 Å². The van der Waals surface area contributed by atoms with Crippen LogP contribution in [0.4, 0.5) is 0 Å². The molecule has 0 N–H and O–H groups in total. The minimum Gasteiger partial charge on any atom is -0.462 e. The Morgan fingerprint density at radius 3 is 1.00 bits per heavy atom. The zero-order chi connectivity index (χ0) is 41.9. The molecule has 6 nitrogen and oxygen atoms in total. The van der Waals surface area contributed by atoms with Crippen LogP contribution in [0, 0.1) is 11.8 Å². The van der Waals surface area contributed by atoms with E-state index in [-0.39, 0.29) is 31.1 Å². The average Bonchev–Trinajstić information content (AvgIpc) is 3.19. The first kappa shape index (κ1) is 55.4. The number of rotatable bonds is 45. The molecule has 0 bridgehead atoms. The molecule has 0 aromatic rings. The SMILES string of the molecule is CCCCCCCCCCCCCC(=O)O[C@@H](COC(=O)CCCCCCCCCCCCCCCC(C)C)COC(=O)CCCCCCCCCCC(C)CC. The minimum atomic E-state index is -0.761. The molecular weight excluding hydrogens is 709 g/mol. The van der Waals surface area contributed by atoms with Crippen molar-refractivity contribution in [2.75, 3.05) is 13.2 Å². The molecule has 0 saturated carbocycles. The molecule has 6 heteroatoms. The monoisotopic (exact) mass is 807 g/mol. The summed E-state index contributed by atoms with van der Waals surface area (Å²) in [4.78, 5) is 37.9. The maximum Gasteiger partial charge on any atom is 0.306 e. The van der Waals surface area contributed by atoms with Gasteiger partial charge in [0.15, 0.2) is 6.10 Å². The maximum absolute atomic E-state index is 12.7. The van der Waals surface area contributed by atoms with Crippen molar-refractivity contribution in [2.45, 2.75) is 285 Å². The van der Waals surface area contributed by atoms with Crippen LogP contribution in [0.15, 0.2) is 0 Å². The molecule has 0 radical (unpaired) electrons. The van der Waals surface area contributed by atoms with E-state index in [1.807, 2.05) is 0 Å². The van der Waals surface area contributed by atoms with E-state index >= 15 is 0 Å². The minimum absolute atomic E-state index is 0.0641. The molecule has 0 heterocycles. The lowest BCUT2D eigenvalue weighted by molar-refractivity contribution is -0.167. The molecule has 338 valence electrons. The predicted molar refractivity (Wildman–Crippen MR) is 243 cm³/mol. The van der Waals surface area contributed by atoms with Crippen LogP contribution in [0.1, 0.15) is 279 Å². The molecule has 57 heavy (non-hydrogen) atoms. The van der Waals surface area contributed by atoms with Gasteiger partial charge in [-0.25, -0.2) is 0 Å². The Kier molecular flexibility index (Phi) is 42.7. The molecule has 0 fully saturated rings. The van der Waals surface area contributed by atoms with Gasteiger partial charge in [-0.15, -0.1) is 0 Å². The Hall–Kier alpha value is -1.59. The molecule has 2 atom stereocenters. The standard InChI is InChI=1S/C51H98O6/c1-6-8-9-10-11-12-16-21-28-33-38-43-51(54)57-48(45-56-50(53)42-37-32-27-23-22-25-30-35-40-47(5)7-2)44-55-49(52)41-36-31-26-20-18-15-13-14-17-19-24-29-34-39-46(3)4/h46-48H,6-45H2,1-5H3/t47?,48-/m0/s1. The van der Waals surface area contributed by atoms with Gasteiger partial charge in [-0.1, -0.05) is 240 Å². The largest absolute Gasteiger partial charge is 0.462 e. The summed E-state index contributed by atoms with van der Waals surface area (Å²) >= 11 is 0. The number of unbranched alkanes of at least 4 members (excludes halogenated alkanes) is 29. The van der Waals surface area contributed by atoms with Gasteiger partial charge >= 0.3 is 17.9 Å². The molecule has 0 rings (SSSR count). The first-order valence-electron chi connectivity index (χ1n) is 25.3. The zero-order valence-corrected chi connectivity index (χ0v) is 39.0. The number of carbonyl (C=O) groups is 3. The first-order valence-corrected chi connectivity index (χ1v) is 25.3. The third-order valence-corrected chi connectivity index (χ3v) is 11.8. The number of carbonyl (C=O) groups excluding carboxylic acids is 3. The van der Waals surface area contributed by atoms with Gasteiger partial charge in [0.1, 0.15) is 13.2 Å². The number of esters is 3. The molecule has 0 aromatic carbocycles. The Morgan fingerprint density at radius 2 is 0.667 bits per heavy atom. The van der Waals surface area contributed by atoms with Gasteiger partial charge in [0.2, 0.25) is 0 Å². The van der Waals surface area contributed by atoms with Crippen molar-refractivity contribution in [3.05, 3.63) is 0 Å². The van der Waals surface area contributed by atoms with Gasteiger partial charge in [-0.05, 0) is 31.1 Å². The second-order valence-corrected chi connectivity index (χ2v) is 18.2. The van der Waals surface area contributed by atoms with E-state index in [1.54, 1.807) is 0 Å². The fraction of sp³-hybridized carbons (Fsp3) is 0.941. The summed E-state index contributed by atoms with van der Waals surface area (Å²) in [6.07, 6.45) is 43.7. The van der Waals surface area contributed by atoms with Crippen LogP contribution in [-0.2, 0) is 28.6 Å². The molecular formula is C51H98O6. The summed E-state index contributed by atoms with van der Waals surface area (Å²) < 4.78 is 16.8. The molecule has 0 spiro atoms. The van der Waals surface area contributed by atoms with E-state index in [0.29, 0.717) is 19.3 Å². The van der Waals surface area contributed by atoms with Crippen LogP contribution in [0.3, 0.4) is 0 Å². The molecule has 0 aliphatic heterocycles. The second-order valence-electron chi connectivity index (χ2n) is 18.2. The Labute approximate surface area is 355 Å². The molecule has 1 unspecified atom stereocenters. The lowest BCUT2D eigenvalue weighted by atomic mass is 9.99. The van der Waals surface area contributed by atoms with Crippen LogP contribution >= 0.6 is 0 Å². The Balaban J connectivity index is 4.30. The van der Waals surface area contributed by atoms with Gasteiger partial charge in [0.25, 0.3) is 0 Å². The van der Waals surface area contributed by atoms with E-state index in [2.05, 4.69) is 34.6 Å². The van der Waals surface area contributed by atoms with Crippen molar-refractivity contribution in [2.24, 2.45) is 11.8 Å². The summed E-state index contributed by atoms with van der Waals surface area (Å²) in [5.41, 5.74) is 0. The molecule has 0 saturated heterocycles. The number of hydrogen-bond acceptors (Lipinski definition) is 6. The fourth-order valence-corrected chi connectivity index (χ4v) is 7.60. The zero-order valence-electron chi connectivity index (χ0n) is 39.0. The van der Waals surface area contributed by atoms with Gasteiger partial charge < -0.3 is 14.2 Å². The predicted octanol–water partition coefficient (Wildman–Crippen LogP) is 16.1. The van der Waals surface area contributed by atoms with Crippen molar-refractivity contribution < 1.29 is 28.6 Å². The highest BCUT2D eigenvalue weighted by molar-refractivity contribution is 5.71. The highest BCUT2D eigenvalue weighted by Gasteiger charge is 2.19. The van der Waals surface area contributed by atoms with Crippen LogP contribution in [0.5, 0.6) is 0 Å². The summed E-state index contributed by atoms with van der Waals surface area (Å²) in [5.74, 6) is 0.836. The van der Waals surface area contributed by atoms with Crippen LogP contribution < -0.4 is 0 Å². The highest BCUT2D eigenvalue weighted by atomic mass is 16.6. The van der Waals surface area contributed by atoms with Gasteiger partial charge in [0.05, 0.1) is 0 Å².